The highest BCUT2D eigenvalue weighted by Gasteiger charge is 2.37. The van der Waals surface area contributed by atoms with Gasteiger partial charge < -0.3 is 15.5 Å². The van der Waals surface area contributed by atoms with Gasteiger partial charge in [0.25, 0.3) is 0 Å². The average molecular weight is 314 g/mol. The third-order valence-electron chi connectivity index (χ3n) is 3.62. The minimum atomic E-state index is -1.23. The molecule has 2 rings (SSSR count). The summed E-state index contributed by atoms with van der Waals surface area (Å²) in [4.78, 5) is 26.1. The maximum Gasteiger partial charge on any atom is 0.334 e. The van der Waals surface area contributed by atoms with E-state index in [1.54, 1.807) is 32.0 Å². The molecule has 0 fully saturated rings. The van der Waals surface area contributed by atoms with Crippen LogP contribution in [0, 0.1) is 0 Å². The number of hydrogen-bond donors (Lipinski definition) is 3. The zero-order valence-electron chi connectivity index (χ0n) is 12.4. The van der Waals surface area contributed by atoms with Gasteiger partial charge in [0.15, 0.2) is 0 Å². The van der Waals surface area contributed by atoms with Crippen molar-refractivity contribution < 1.29 is 19.8 Å². The number of carboxylic acid groups (broad SMARTS) is 2. The molecule has 1 heterocycles. The predicted octanol–water partition coefficient (Wildman–Crippen LogP) is 3.03. The Morgan fingerprint density at radius 1 is 1.13 bits per heavy atom. The summed E-state index contributed by atoms with van der Waals surface area (Å²) < 4.78 is 0. The molecule has 0 saturated heterocycles. The fourth-order valence-electron chi connectivity index (χ4n) is 2.74. The van der Waals surface area contributed by atoms with E-state index in [1.165, 1.54) is 6.07 Å². The maximum absolute atomic E-state index is 11.7. The van der Waals surface area contributed by atoms with E-state index >= 15 is 0 Å². The Kier molecular flexibility index (Phi) is 4.38. The molecule has 1 aromatic rings. The van der Waals surface area contributed by atoms with Crippen LogP contribution >= 0.6 is 0 Å². The molecular weight excluding hydrogens is 300 g/mol. The number of azide groups is 1. The summed E-state index contributed by atoms with van der Waals surface area (Å²) in [5.74, 6) is -3.50. The Morgan fingerprint density at radius 3 is 2.13 bits per heavy atom. The lowest BCUT2D eigenvalue weighted by molar-refractivity contribution is -0.133. The van der Waals surface area contributed by atoms with E-state index in [1.807, 2.05) is 0 Å². The first-order valence-electron chi connectivity index (χ1n) is 6.67. The first-order chi connectivity index (χ1) is 10.9. The van der Waals surface area contributed by atoms with Crippen LogP contribution in [0.1, 0.15) is 25.3 Å². The number of allylic oxidation sites excluding steroid dienone is 2. The number of rotatable bonds is 4. The van der Waals surface area contributed by atoms with Crippen molar-refractivity contribution in [3.63, 3.8) is 0 Å². The predicted molar refractivity (Wildman–Crippen MR) is 81.8 cm³/mol. The van der Waals surface area contributed by atoms with Crippen molar-refractivity contribution in [2.24, 2.45) is 5.11 Å². The quantitative estimate of drug-likeness (QED) is 0.446. The number of aliphatic carboxylic acids is 2. The van der Waals surface area contributed by atoms with Crippen molar-refractivity contribution in [1.82, 2.24) is 5.32 Å². The second-order valence-corrected chi connectivity index (χ2v) is 4.99. The third kappa shape index (κ3) is 2.88. The van der Waals surface area contributed by atoms with E-state index in [0.717, 1.165) is 0 Å². The molecule has 1 aliphatic rings. The largest absolute Gasteiger partial charge is 0.478 e. The normalized spacial score (nSPS) is 15.0. The van der Waals surface area contributed by atoms with Gasteiger partial charge in [0.2, 0.25) is 0 Å². The molecule has 1 aliphatic heterocycles. The van der Waals surface area contributed by atoms with Crippen molar-refractivity contribution in [2.45, 2.75) is 19.8 Å². The third-order valence-corrected chi connectivity index (χ3v) is 3.62. The highest BCUT2D eigenvalue weighted by molar-refractivity contribution is 5.98. The first kappa shape index (κ1) is 16.1. The number of hydrogen-bond acceptors (Lipinski definition) is 4. The second kappa shape index (κ2) is 6.25. The molecule has 0 bridgehead atoms. The summed E-state index contributed by atoms with van der Waals surface area (Å²) in [7, 11) is 0. The summed E-state index contributed by atoms with van der Waals surface area (Å²) in [5, 5.41) is 25.4. The van der Waals surface area contributed by atoms with Gasteiger partial charge in [-0.05, 0) is 24.9 Å². The van der Waals surface area contributed by atoms with Gasteiger partial charge in [-0.15, -0.1) is 0 Å². The van der Waals surface area contributed by atoms with Crippen LogP contribution in [0.25, 0.3) is 10.4 Å². The number of dihydropyridines is 1. The lowest BCUT2D eigenvalue weighted by Gasteiger charge is -2.29. The average Bonchev–Trinajstić information content (AvgIpc) is 2.46. The highest BCUT2D eigenvalue weighted by Crippen LogP contribution is 2.41. The minimum absolute atomic E-state index is 0.0893. The standard InChI is InChI=1S/C15H14N4O4/c1-7-11(14(20)21)13(12(15(22)23)8(2)17-7)9-5-3-4-6-10(9)18-19-16/h3-6,13,17H,1-2H3,(H,20,21)(H,22,23). The number of benzene rings is 1. The topological polar surface area (TPSA) is 135 Å². The van der Waals surface area contributed by atoms with Crippen LogP contribution in [0.5, 0.6) is 0 Å². The Morgan fingerprint density at radius 2 is 1.65 bits per heavy atom. The van der Waals surface area contributed by atoms with Gasteiger partial charge in [-0.1, -0.05) is 29.4 Å². The van der Waals surface area contributed by atoms with Gasteiger partial charge in [0.05, 0.1) is 17.1 Å². The highest BCUT2D eigenvalue weighted by atomic mass is 16.4. The van der Waals surface area contributed by atoms with E-state index in [-0.39, 0.29) is 16.8 Å². The summed E-state index contributed by atoms with van der Waals surface area (Å²) in [6.07, 6.45) is 0. The van der Waals surface area contributed by atoms with E-state index in [9.17, 15) is 19.8 Å². The van der Waals surface area contributed by atoms with Crippen LogP contribution in [0.15, 0.2) is 51.9 Å². The fraction of sp³-hybridized carbons (Fsp3) is 0.200. The molecule has 23 heavy (non-hydrogen) atoms. The van der Waals surface area contributed by atoms with Gasteiger partial charge in [0, 0.05) is 22.0 Å². The molecule has 0 amide bonds. The molecule has 0 saturated carbocycles. The molecule has 3 N–H and O–H groups in total. The number of carbonyl (C=O) groups is 2. The molecule has 118 valence electrons. The number of carboxylic acids is 2. The van der Waals surface area contributed by atoms with Gasteiger partial charge >= 0.3 is 11.9 Å². The molecule has 8 heteroatoms. The Hall–Kier alpha value is -3.25. The van der Waals surface area contributed by atoms with Crippen LogP contribution < -0.4 is 5.32 Å². The van der Waals surface area contributed by atoms with Crippen molar-refractivity contribution in [2.75, 3.05) is 0 Å². The monoisotopic (exact) mass is 314 g/mol. The van der Waals surface area contributed by atoms with Crippen LogP contribution in [-0.4, -0.2) is 22.2 Å². The smallest absolute Gasteiger partial charge is 0.334 e. The molecule has 1 aromatic carbocycles. The van der Waals surface area contributed by atoms with Crippen LogP contribution in [0.3, 0.4) is 0 Å². The molecule has 0 aromatic heterocycles. The zero-order chi connectivity index (χ0) is 17.1. The van der Waals surface area contributed by atoms with Crippen LogP contribution in [-0.2, 0) is 9.59 Å². The summed E-state index contributed by atoms with van der Waals surface area (Å²) >= 11 is 0. The van der Waals surface area contributed by atoms with Crippen molar-refractivity contribution in [1.29, 1.82) is 0 Å². The molecule has 0 radical (unpaired) electrons. The van der Waals surface area contributed by atoms with Gasteiger partial charge in [-0.3, -0.25) is 0 Å². The summed E-state index contributed by atoms with van der Waals surface area (Å²) in [5.41, 5.74) is 9.73. The van der Waals surface area contributed by atoms with Gasteiger partial charge in [0.1, 0.15) is 0 Å². The van der Waals surface area contributed by atoms with E-state index < -0.39 is 17.9 Å². The van der Waals surface area contributed by atoms with Crippen LogP contribution in [0.2, 0.25) is 0 Å². The van der Waals surface area contributed by atoms with E-state index in [0.29, 0.717) is 17.0 Å². The molecule has 0 aliphatic carbocycles. The van der Waals surface area contributed by atoms with Crippen LogP contribution in [0.4, 0.5) is 5.69 Å². The van der Waals surface area contributed by atoms with Gasteiger partial charge in [-0.2, -0.15) is 0 Å². The second-order valence-electron chi connectivity index (χ2n) is 4.99. The fourth-order valence-corrected chi connectivity index (χ4v) is 2.74. The van der Waals surface area contributed by atoms with Gasteiger partial charge in [-0.25, -0.2) is 9.59 Å². The molecular formula is C15H14N4O4. The SMILES string of the molecule is CC1=C(C(=O)O)C(c2ccccc2N=[N+]=[N-])C(C(=O)O)=C(C)N1. The zero-order valence-corrected chi connectivity index (χ0v) is 12.4. The Balaban J connectivity index is 2.80. The van der Waals surface area contributed by atoms with Crippen molar-refractivity contribution >= 4 is 17.6 Å². The number of nitrogens with zero attached hydrogens (tertiary/aromatic N) is 3. The maximum atomic E-state index is 11.7. The van der Waals surface area contributed by atoms with E-state index in [2.05, 4.69) is 15.3 Å². The lowest BCUT2D eigenvalue weighted by Crippen LogP contribution is -2.31. The molecule has 0 atom stereocenters. The summed E-state index contributed by atoms with van der Waals surface area (Å²) in [6.45, 7) is 3.13. The summed E-state index contributed by atoms with van der Waals surface area (Å²) in [6, 6.07) is 6.34. The molecule has 8 nitrogen and oxygen atoms in total. The lowest BCUT2D eigenvalue weighted by atomic mass is 9.80. The van der Waals surface area contributed by atoms with E-state index in [4.69, 9.17) is 5.53 Å². The Labute approximate surface area is 131 Å². The first-order valence-corrected chi connectivity index (χ1v) is 6.67. The van der Waals surface area contributed by atoms with Crippen molar-refractivity contribution in [3.05, 3.63) is 62.8 Å². The molecule has 0 unspecified atom stereocenters. The number of nitrogens with one attached hydrogen (secondary N) is 1. The Bertz CT molecular complexity index is 767. The molecule has 0 spiro atoms. The van der Waals surface area contributed by atoms with Crippen molar-refractivity contribution in [3.8, 4) is 0 Å². The minimum Gasteiger partial charge on any atom is -0.478 e.